The summed E-state index contributed by atoms with van der Waals surface area (Å²) in [4.78, 5) is 0. The van der Waals surface area contributed by atoms with Gasteiger partial charge in [-0.1, -0.05) is 6.92 Å². The summed E-state index contributed by atoms with van der Waals surface area (Å²) in [6.07, 6.45) is 6.21. The summed E-state index contributed by atoms with van der Waals surface area (Å²) in [5.74, 6) is 0. The number of thiophene rings is 1. The molecule has 18 heavy (non-hydrogen) atoms. The quantitative estimate of drug-likeness (QED) is 0.785. The lowest BCUT2D eigenvalue weighted by Crippen LogP contribution is -2.23. The molecule has 0 aliphatic rings. The largest absolute Gasteiger partial charge is 0.310 e. The van der Waals surface area contributed by atoms with Crippen LogP contribution in [0.4, 0.5) is 0 Å². The number of hydrogen-bond acceptors (Lipinski definition) is 3. The molecule has 0 bridgehead atoms. The summed E-state index contributed by atoms with van der Waals surface area (Å²) in [5.41, 5.74) is 2.68. The van der Waals surface area contributed by atoms with E-state index in [-0.39, 0.29) is 0 Å². The normalized spacial score (nSPS) is 12.8. The van der Waals surface area contributed by atoms with Crippen molar-refractivity contribution in [1.29, 1.82) is 0 Å². The van der Waals surface area contributed by atoms with Crippen molar-refractivity contribution in [3.8, 4) is 0 Å². The number of aryl methyl sites for hydroxylation is 1. The zero-order valence-corrected chi connectivity index (χ0v) is 13.7. The van der Waals surface area contributed by atoms with E-state index < -0.39 is 0 Å². The first kappa shape index (κ1) is 14.0. The van der Waals surface area contributed by atoms with Gasteiger partial charge in [-0.2, -0.15) is 5.10 Å². The molecule has 0 fully saturated rings. The third-order valence-electron chi connectivity index (χ3n) is 2.83. The monoisotopic (exact) mass is 375 g/mol. The topological polar surface area (TPSA) is 29.9 Å². The van der Waals surface area contributed by atoms with Crippen LogP contribution in [0.1, 0.15) is 30.5 Å². The van der Waals surface area contributed by atoms with E-state index in [1.54, 1.807) is 0 Å². The van der Waals surface area contributed by atoms with Gasteiger partial charge in [-0.05, 0) is 64.6 Å². The molecule has 1 atom stereocenters. The molecule has 0 aliphatic carbocycles. The summed E-state index contributed by atoms with van der Waals surface area (Å²) in [6.45, 7) is 3.25. The maximum absolute atomic E-state index is 4.24. The zero-order valence-electron chi connectivity index (χ0n) is 10.7. The second kappa shape index (κ2) is 6.68. The molecule has 2 aromatic heterocycles. The molecule has 0 aromatic carbocycles. The predicted molar refractivity (Wildman–Crippen MR) is 85.0 cm³/mol. The summed E-state index contributed by atoms with van der Waals surface area (Å²) in [7, 11) is 1.96. The van der Waals surface area contributed by atoms with E-state index in [0.717, 1.165) is 19.4 Å². The van der Waals surface area contributed by atoms with Crippen LogP contribution in [-0.4, -0.2) is 16.3 Å². The molecule has 0 saturated carbocycles. The van der Waals surface area contributed by atoms with Crippen molar-refractivity contribution < 1.29 is 0 Å². The van der Waals surface area contributed by atoms with Crippen molar-refractivity contribution in [3.05, 3.63) is 37.9 Å². The summed E-state index contributed by atoms with van der Waals surface area (Å²) in [5, 5.41) is 10.1. The third-order valence-corrected chi connectivity index (χ3v) is 4.64. The van der Waals surface area contributed by atoms with Gasteiger partial charge in [-0.3, -0.25) is 4.68 Å². The van der Waals surface area contributed by atoms with Gasteiger partial charge in [0.05, 0.1) is 9.08 Å². The number of rotatable bonds is 6. The van der Waals surface area contributed by atoms with Gasteiger partial charge < -0.3 is 5.32 Å². The van der Waals surface area contributed by atoms with Gasteiger partial charge in [-0.25, -0.2) is 0 Å². The molecule has 2 aromatic rings. The highest BCUT2D eigenvalue weighted by molar-refractivity contribution is 14.1. The molecular formula is C13H18IN3S. The Morgan fingerprint density at radius 3 is 2.94 bits per heavy atom. The van der Waals surface area contributed by atoms with E-state index in [1.807, 2.05) is 29.3 Å². The fourth-order valence-corrected chi connectivity index (χ4v) is 3.37. The van der Waals surface area contributed by atoms with Crippen LogP contribution in [-0.2, 0) is 13.5 Å². The van der Waals surface area contributed by atoms with E-state index >= 15 is 0 Å². The summed E-state index contributed by atoms with van der Waals surface area (Å²) in [6, 6.07) is 2.67. The summed E-state index contributed by atoms with van der Waals surface area (Å²) >= 11 is 4.19. The van der Waals surface area contributed by atoms with Crippen LogP contribution >= 0.6 is 33.9 Å². The average molecular weight is 375 g/mol. The van der Waals surface area contributed by atoms with E-state index in [0.29, 0.717) is 6.04 Å². The van der Waals surface area contributed by atoms with Gasteiger partial charge in [0.1, 0.15) is 0 Å². The van der Waals surface area contributed by atoms with E-state index in [1.165, 1.54) is 14.0 Å². The Labute approximate surface area is 126 Å². The predicted octanol–water partition coefficient (Wildman–Crippen LogP) is 3.37. The Kier molecular flexibility index (Phi) is 5.20. The second-order valence-corrected chi connectivity index (χ2v) is 7.22. The molecule has 1 unspecified atom stereocenters. The van der Waals surface area contributed by atoms with Crippen LogP contribution < -0.4 is 5.32 Å². The molecule has 0 spiro atoms. The number of halogens is 1. The molecule has 1 N–H and O–H groups in total. The summed E-state index contributed by atoms with van der Waals surface area (Å²) < 4.78 is 3.21. The van der Waals surface area contributed by atoms with Gasteiger partial charge in [-0.15, -0.1) is 11.3 Å². The van der Waals surface area contributed by atoms with E-state index in [4.69, 9.17) is 0 Å². The Balaban J connectivity index is 2.09. The third kappa shape index (κ3) is 3.80. The molecule has 5 heteroatoms. The standard InChI is InChI=1S/C13H18IN3S/c1-3-4-15-12(11-6-13(14)18-9-11)5-10-7-16-17(2)8-10/h6-9,12,15H,3-5H2,1-2H3. The van der Waals surface area contributed by atoms with Gasteiger partial charge >= 0.3 is 0 Å². The van der Waals surface area contributed by atoms with Crippen molar-refractivity contribution in [2.24, 2.45) is 7.05 Å². The van der Waals surface area contributed by atoms with E-state index in [2.05, 4.69) is 57.6 Å². The molecule has 0 saturated heterocycles. The van der Waals surface area contributed by atoms with Gasteiger partial charge in [0.25, 0.3) is 0 Å². The maximum atomic E-state index is 4.24. The first-order valence-electron chi connectivity index (χ1n) is 6.14. The first-order valence-corrected chi connectivity index (χ1v) is 8.09. The van der Waals surface area contributed by atoms with Crippen LogP contribution in [0.3, 0.4) is 0 Å². The minimum Gasteiger partial charge on any atom is -0.310 e. The van der Waals surface area contributed by atoms with Gasteiger partial charge in [0.2, 0.25) is 0 Å². The average Bonchev–Trinajstić information content (AvgIpc) is 2.93. The van der Waals surface area contributed by atoms with Crippen LogP contribution in [0.2, 0.25) is 0 Å². The zero-order chi connectivity index (χ0) is 13.0. The van der Waals surface area contributed by atoms with Gasteiger partial charge in [0.15, 0.2) is 0 Å². The highest BCUT2D eigenvalue weighted by Gasteiger charge is 2.14. The minimum absolute atomic E-state index is 0.397. The lowest BCUT2D eigenvalue weighted by atomic mass is 10.0. The number of nitrogens with one attached hydrogen (secondary N) is 1. The Morgan fingerprint density at radius 1 is 1.56 bits per heavy atom. The molecule has 0 radical (unpaired) electrons. The molecule has 3 nitrogen and oxygen atoms in total. The van der Waals surface area contributed by atoms with Gasteiger partial charge in [0, 0.05) is 19.3 Å². The van der Waals surface area contributed by atoms with Crippen LogP contribution in [0.15, 0.2) is 23.8 Å². The SMILES string of the molecule is CCCNC(Cc1cnn(C)c1)c1csc(I)c1. The Hall–Kier alpha value is -0.400. The van der Waals surface area contributed by atoms with E-state index in [9.17, 15) is 0 Å². The smallest absolute Gasteiger partial charge is 0.0656 e. The first-order chi connectivity index (χ1) is 8.69. The molecule has 2 rings (SSSR count). The molecule has 0 amide bonds. The van der Waals surface area contributed by atoms with Crippen LogP contribution in [0.5, 0.6) is 0 Å². The van der Waals surface area contributed by atoms with Crippen molar-refractivity contribution in [3.63, 3.8) is 0 Å². The van der Waals surface area contributed by atoms with Crippen LogP contribution in [0, 0.1) is 2.88 Å². The second-order valence-electron chi connectivity index (χ2n) is 4.42. The molecule has 0 aliphatic heterocycles. The highest BCUT2D eigenvalue weighted by Crippen LogP contribution is 2.25. The fourth-order valence-electron chi connectivity index (χ4n) is 1.95. The Morgan fingerprint density at radius 2 is 2.39 bits per heavy atom. The molecule has 2 heterocycles. The molecule has 98 valence electrons. The van der Waals surface area contributed by atoms with Crippen LogP contribution in [0.25, 0.3) is 0 Å². The van der Waals surface area contributed by atoms with Crippen molar-refractivity contribution in [2.75, 3.05) is 6.54 Å². The molecular weight excluding hydrogens is 357 g/mol. The fraction of sp³-hybridized carbons (Fsp3) is 0.462. The number of hydrogen-bond donors (Lipinski definition) is 1. The minimum atomic E-state index is 0.397. The number of nitrogens with zero attached hydrogens (tertiary/aromatic N) is 2. The lowest BCUT2D eigenvalue weighted by Gasteiger charge is -2.16. The van der Waals surface area contributed by atoms with Crippen molar-refractivity contribution in [1.82, 2.24) is 15.1 Å². The maximum Gasteiger partial charge on any atom is 0.0656 e. The van der Waals surface area contributed by atoms with Crippen molar-refractivity contribution >= 4 is 33.9 Å². The number of aromatic nitrogens is 2. The Bertz CT molecular complexity index is 492. The highest BCUT2D eigenvalue weighted by atomic mass is 127. The lowest BCUT2D eigenvalue weighted by molar-refractivity contribution is 0.530. The van der Waals surface area contributed by atoms with Crippen molar-refractivity contribution in [2.45, 2.75) is 25.8 Å².